The zero-order chi connectivity index (χ0) is 18.5. The predicted octanol–water partition coefficient (Wildman–Crippen LogP) is 2.18. The molecule has 3 aromatic rings. The number of rotatable bonds is 7. The van der Waals surface area contributed by atoms with Gasteiger partial charge < -0.3 is 14.8 Å². The first-order chi connectivity index (χ1) is 12.6. The Balaban J connectivity index is 1.61. The average Bonchev–Trinajstić information content (AvgIpc) is 3.15. The number of benzene rings is 1. The van der Waals surface area contributed by atoms with Gasteiger partial charge in [-0.25, -0.2) is 4.98 Å². The van der Waals surface area contributed by atoms with Crippen molar-refractivity contribution < 1.29 is 14.3 Å². The maximum absolute atomic E-state index is 12.3. The van der Waals surface area contributed by atoms with Crippen LogP contribution >= 0.6 is 11.3 Å². The number of hydrogen-bond acceptors (Lipinski definition) is 6. The van der Waals surface area contributed by atoms with E-state index in [9.17, 15) is 9.59 Å². The average molecular weight is 373 g/mol. The van der Waals surface area contributed by atoms with E-state index in [0.29, 0.717) is 28.3 Å². The third kappa shape index (κ3) is 3.85. The molecule has 1 amide bonds. The molecule has 136 valence electrons. The van der Waals surface area contributed by atoms with Crippen LogP contribution in [0.15, 0.2) is 40.8 Å². The number of hydrogen-bond donors (Lipinski definition) is 1. The highest BCUT2D eigenvalue weighted by Crippen LogP contribution is 2.23. The number of amides is 1. The van der Waals surface area contributed by atoms with Gasteiger partial charge in [-0.05, 0) is 29.6 Å². The summed E-state index contributed by atoms with van der Waals surface area (Å²) in [5.41, 5.74) is 0.692. The summed E-state index contributed by atoms with van der Waals surface area (Å²) in [6, 6.07) is 7.16. The molecule has 0 saturated carbocycles. The van der Waals surface area contributed by atoms with E-state index in [2.05, 4.69) is 10.3 Å². The number of fused-ring (bicyclic) bond motifs is 1. The molecule has 0 saturated heterocycles. The van der Waals surface area contributed by atoms with Crippen molar-refractivity contribution in [3.05, 3.63) is 51.9 Å². The minimum Gasteiger partial charge on any atom is -0.497 e. The fraction of sp³-hybridized carbons (Fsp3) is 0.278. The van der Waals surface area contributed by atoms with Crippen LogP contribution in [0.1, 0.15) is 12.0 Å². The summed E-state index contributed by atoms with van der Waals surface area (Å²) in [7, 11) is 3.16. The number of nitrogens with zero attached hydrogens (tertiary/aromatic N) is 2. The molecule has 1 aromatic carbocycles. The Bertz CT molecular complexity index is 980. The Morgan fingerprint density at radius 3 is 2.88 bits per heavy atom. The van der Waals surface area contributed by atoms with E-state index >= 15 is 0 Å². The second-order valence-corrected chi connectivity index (χ2v) is 6.48. The van der Waals surface area contributed by atoms with Gasteiger partial charge in [0, 0.05) is 25.1 Å². The number of thiophene rings is 1. The number of ether oxygens (including phenoxy) is 2. The molecule has 26 heavy (non-hydrogen) atoms. The molecule has 0 aliphatic heterocycles. The number of methoxy groups -OCH3 is 2. The minimum absolute atomic E-state index is 0.126. The lowest BCUT2D eigenvalue weighted by Crippen LogP contribution is -2.27. The summed E-state index contributed by atoms with van der Waals surface area (Å²) in [6.07, 6.45) is 1.67. The predicted molar refractivity (Wildman–Crippen MR) is 99.9 cm³/mol. The summed E-state index contributed by atoms with van der Waals surface area (Å²) in [5, 5.41) is 5.25. The lowest BCUT2D eigenvalue weighted by molar-refractivity contribution is -0.121. The molecule has 2 heterocycles. The fourth-order valence-corrected chi connectivity index (χ4v) is 3.30. The molecule has 0 aliphatic carbocycles. The molecule has 3 rings (SSSR count). The molecule has 0 aliphatic rings. The van der Waals surface area contributed by atoms with Crippen LogP contribution in [0.4, 0.5) is 0 Å². The molecule has 8 heteroatoms. The third-order valence-electron chi connectivity index (χ3n) is 3.99. The van der Waals surface area contributed by atoms with Gasteiger partial charge in [-0.15, -0.1) is 11.3 Å². The van der Waals surface area contributed by atoms with Crippen molar-refractivity contribution in [2.45, 2.75) is 19.5 Å². The molecular formula is C18H19N3O4S. The summed E-state index contributed by atoms with van der Waals surface area (Å²) in [6.45, 7) is 0.592. The van der Waals surface area contributed by atoms with Crippen molar-refractivity contribution in [2.24, 2.45) is 0 Å². The molecular weight excluding hydrogens is 354 g/mol. The molecule has 0 fully saturated rings. The maximum atomic E-state index is 12.3. The van der Waals surface area contributed by atoms with E-state index in [1.807, 2.05) is 11.4 Å². The summed E-state index contributed by atoms with van der Waals surface area (Å²) >= 11 is 1.42. The third-order valence-corrected chi connectivity index (χ3v) is 4.81. The van der Waals surface area contributed by atoms with Gasteiger partial charge in [-0.3, -0.25) is 14.2 Å². The molecule has 0 spiro atoms. The Kier molecular flexibility index (Phi) is 5.52. The van der Waals surface area contributed by atoms with Crippen LogP contribution in [0.2, 0.25) is 0 Å². The number of aromatic nitrogens is 2. The van der Waals surface area contributed by atoms with Gasteiger partial charge in [0.1, 0.15) is 16.3 Å². The highest BCUT2D eigenvalue weighted by Gasteiger charge is 2.09. The monoisotopic (exact) mass is 373 g/mol. The minimum atomic E-state index is -0.160. The lowest BCUT2D eigenvalue weighted by Gasteiger charge is -2.12. The molecule has 0 bridgehead atoms. The zero-order valence-electron chi connectivity index (χ0n) is 14.5. The summed E-state index contributed by atoms with van der Waals surface area (Å²) in [4.78, 5) is 29.4. The topological polar surface area (TPSA) is 82.4 Å². The first-order valence-electron chi connectivity index (χ1n) is 8.02. The highest BCUT2D eigenvalue weighted by atomic mass is 32.1. The zero-order valence-corrected chi connectivity index (χ0v) is 15.3. The van der Waals surface area contributed by atoms with Gasteiger partial charge in [0.05, 0.1) is 25.9 Å². The van der Waals surface area contributed by atoms with Crippen LogP contribution in [-0.2, 0) is 17.9 Å². The van der Waals surface area contributed by atoms with E-state index in [-0.39, 0.29) is 24.4 Å². The van der Waals surface area contributed by atoms with Gasteiger partial charge in [0.25, 0.3) is 5.56 Å². The van der Waals surface area contributed by atoms with Crippen molar-refractivity contribution in [1.29, 1.82) is 0 Å². The van der Waals surface area contributed by atoms with Crippen LogP contribution in [0.5, 0.6) is 11.5 Å². The van der Waals surface area contributed by atoms with E-state index < -0.39 is 0 Å². The Morgan fingerprint density at radius 1 is 1.27 bits per heavy atom. The van der Waals surface area contributed by atoms with Crippen LogP contribution < -0.4 is 20.3 Å². The van der Waals surface area contributed by atoms with Crippen molar-refractivity contribution in [3.63, 3.8) is 0 Å². The largest absolute Gasteiger partial charge is 0.497 e. The maximum Gasteiger partial charge on any atom is 0.262 e. The Morgan fingerprint density at radius 2 is 2.12 bits per heavy atom. The summed E-state index contributed by atoms with van der Waals surface area (Å²) < 4.78 is 12.0. The smallest absolute Gasteiger partial charge is 0.262 e. The number of aryl methyl sites for hydroxylation is 1. The quantitative estimate of drug-likeness (QED) is 0.686. The molecule has 7 nitrogen and oxygen atoms in total. The van der Waals surface area contributed by atoms with Crippen LogP contribution in [0, 0.1) is 0 Å². The van der Waals surface area contributed by atoms with Gasteiger partial charge in [0.15, 0.2) is 0 Å². The molecule has 2 aromatic heterocycles. The molecule has 0 unspecified atom stereocenters. The second-order valence-electron chi connectivity index (χ2n) is 5.59. The Hall–Kier alpha value is -2.87. The SMILES string of the molecule is COc1ccc(OC)c(CNC(=O)CCn2cnc3sccc3c2=O)c1. The lowest BCUT2D eigenvalue weighted by atomic mass is 10.2. The number of carbonyl (C=O) groups is 1. The van der Waals surface area contributed by atoms with Crippen LogP contribution in [0.25, 0.3) is 10.2 Å². The number of carbonyl (C=O) groups excluding carboxylic acids is 1. The van der Waals surface area contributed by atoms with E-state index in [4.69, 9.17) is 9.47 Å². The van der Waals surface area contributed by atoms with Gasteiger partial charge in [-0.1, -0.05) is 0 Å². The summed E-state index contributed by atoms with van der Waals surface area (Å²) in [5.74, 6) is 1.21. The second kappa shape index (κ2) is 8.01. The normalized spacial score (nSPS) is 10.7. The van der Waals surface area contributed by atoms with Crippen LogP contribution in [0.3, 0.4) is 0 Å². The first-order valence-corrected chi connectivity index (χ1v) is 8.90. The van der Waals surface area contributed by atoms with E-state index in [1.54, 1.807) is 32.4 Å². The van der Waals surface area contributed by atoms with Crippen molar-refractivity contribution in [2.75, 3.05) is 14.2 Å². The van der Waals surface area contributed by atoms with Crippen molar-refractivity contribution >= 4 is 27.5 Å². The van der Waals surface area contributed by atoms with Crippen molar-refractivity contribution in [1.82, 2.24) is 14.9 Å². The van der Waals surface area contributed by atoms with Gasteiger partial charge in [0.2, 0.25) is 5.91 Å². The van der Waals surface area contributed by atoms with Gasteiger partial charge in [-0.2, -0.15) is 0 Å². The highest BCUT2D eigenvalue weighted by molar-refractivity contribution is 7.16. The number of nitrogens with one attached hydrogen (secondary N) is 1. The first kappa shape index (κ1) is 17.9. The van der Waals surface area contributed by atoms with Crippen molar-refractivity contribution in [3.8, 4) is 11.5 Å². The molecule has 0 radical (unpaired) electrons. The molecule has 1 N–H and O–H groups in total. The van der Waals surface area contributed by atoms with E-state index in [0.717, 1.165) is 5.56 Å². The Labute approximate surface area is 154 Å². The van der Waals surface area contributed by atoms with Crippen LogP contribution in [-0.4, -0.2) is 29.7 Å². The van der Waals surface area contributed by atoms with E-state index in [1.165, 1.54) is 22.2 Å². The fourth-order valence-electron chi connectivity index (χ4n) is 2.58. The molecule has 0 atom stereocenters. The van der Waals surface area contributed by atoms with Gasteiger partial charge >= 0.3 is 0 Å². The standard InChI is InChI=1S/C18H19N3O4S/c1-24-13-3-4-15(25-2)12(9-13)10-19-16(22)5-7-21-11-20-17-14(18(21)23)6-8-26-17/h3-4,6,8-9,11H,5,7,10H2,1-2H3,(H,19,22).